The van der Waals surface area contributed by atoms with Gasteiger partial charge in [0, 0.05) is 0 Å². The maximum Gasteiger partial charge on any atom is -0.0222 e. The Labute approximate surface area is 79.6 Å². The van der Waals surface area contributed by atoms with Gasteiger partial charge in [-0.2, -0.15) is 0 Å². The quantitative estimate of drug-likeness (QED) is 0.602. The van der Waals surface area contributed by atoms with E-state index in [1.807, 2.05) is 0 Å². The third kappa shape index (κ3) is 1.89. The van der Waals surface area contributed by atoms with Gasteiger partial charge in [-0.1, -0.05) is 48.1 Å². The number of allylic oxidation sites excluding steroid dienone is 4. The molecule has 0 heterocycles. The lowest BCUT2D eigenvalue weighted by molar-refractivity contribution is 1.05. The SMILES string of the molecule is Cc1cccc(C2=CC=CCC2)c1. The summed E-state index contributed by atoms with van der Waals surface area (Å²) in [6.45, 7) is 2.14. The van der Waals surface area contributed by atoms with Crippen LogP contribution in [0.1, 0.15) is 24.0 Å². The molecule has 0 spiro atoms. The van der Waals surface area contributed by atoms with Gasteiger partial charge < -0.3 is 0 Å². The molecule has 0 nitrogen and oxygen atoms in total. The number of aryl methyl sites for hydroxylation is 1. The topological polar surface area (TPSA) is 0 Å². The minimum Gasteiger partial charge on any atom is -0.0842 e. The Morgan fingerprint density at radius 1 is 1.23 bits per heavy atom. The zero-order valence-electron chi connectivity index (χ0n) is 7.96. The van der Waals surface area contributed by atoms with E-state index >= 15 is 0 Å². The van der Waals surface area contributed by atoms with Crippen molar-refractivity contribution in [3.8, 4) is 0 Å². The summed E-state index contributed by atoms with van der Waals surface area (Å²) in [5.74, 6) is 0. The third-order valence-corrected chi connectivity index (χ3v) is 2.40. The first-order valence-corrected chi connectivity index (χ1v) is 4.79. The zero-order valence-corrected chi connectivity index (χ0v) is 7.96. The average Bonchev–Trinajstić information content (AvgIpc) is 2.19. The number of hydrogen-bond donors (Lipinski definition) is 0. The van der Waals surface area contributed by atoms with Gasteiger partial charge in [0.2, 0.25) is 0 Å². The van der Waals surface area contributed by atoms with Crippen LogP contribution in [0.15, 0.2) is 42.5 Å². The highest BCUT2D eigenvalue weighted by Crippen LogP contribution is 2.23. The van der Waals surface area contributed by atoms with E-state index in [1.54, 1.807) is 0 Å². The molecule has 66 valence electrons. The number of hydrogen-bond acceptors (Lipinski definition) is 0. The molecule has 1 aliphatic rings. The molecule has 0 saturated carbocycles. The molecule has 0 aliphatic heterocycles. The average molecular weight is 170 g/mol. The van der Waals surface area contributed by atoms with E-state index in [-0.39, 0.29) is 0 Å². The van der Waals surface area contributed by atoms with Crippen molar-refractivity contribution in [2.45, 2.75) is 19.8 Å². The molecule has 0 unspecified atom stereocenters. The molecule has 0 atom stereocenters. The van der Waals surface area contributed by atoms with Crippen LogP contribution in [0.2, 0.25) is 0 Å². The van der Waals surface area contributed by atoms with Crippen LogP contribution in [0.4, 0.5) is 0 Å². The van der Waals surface area contributed by atoms with Crippen LogP contribution in [0.5, 0.6) is 0 Å². The van der Waals surface area contributed by atoms with Gasteiger partial charge in [0.05, 0.1) is 0 Å². The summed E-state index contributed by atoms with van der Waals surface area (Å²) in [4.78, 5) is 0. The molecule has 0 heteroatoms. The Balaban J connectivity index is 2.34. The lowest BCUT2D eigenvalue weighted by atomic mass is 9.96. The lowest BCUT2D eigenvalue weighted by Gasteiger charge is -2.09. The van der Waals surface area contributed by atoms with Crippen LogP contribution in [0.3, 0.4) is 0 Å². The van der Waals surface area contributed by atoms with Crippen molar-refractivity contribution < 1.29 is 0 Å². The second-order valence-corrected chi connectivity index (χ2v) is 3.53. The van der Waals surface area contributed by atoms with E-state index in [4.69, 9.17) is 0 Å². The van der Waals surface area contributed by atoms with Crippen molar-refractivity contribution >= 4 is 5.57 Å². The Morgan fingerprint density at radius 3 is 2.85 bits per heavy atom. The van der Waals surface area contributed by atoms with Gasteiger partial charge in [0.25, 0.3) is 0 Å². The minimum atomic E-state index is 1.18. The van der Waals surface area contributed by atoms with Crippen molar-refractivity contribution in [2.24, 2.45) is 0 Å². The third-order valence-electron chi connectivity index (χ3n) is 2.40. The number of rotatable bonds is 1. The molecule has 0 aromatic heterocycles. The smallest absolute Gasteiger partial charge is 0.0222 e. The van der Waals surface area contributed by atoms with E-state index < -0.39 is 0 Å². The molecule has 0 amide bonds. The fourth-order valence-corrected chi connectivity index (χ4v) is 1.69. The van der Waals surface area contributed by atoms with Gasteiger partial charge in [-0.3, -0.25) is 0 Å². The molecule has 0 N–H and O–H groups in total. The molecule has 0 bridgehead atoms. The molecule has 1 aromatic carbocycles. The van der Waals surface area contributed by atoms with Crippen LogP contribution in [0.25, 0.3) is 5.57 Å². The van der Waals surface area contributed by atoms with Crippen LogP contribution < -0.4 is 0 Å². The van der Waals surface area contributed by atoms with Crippen molar-refractivity contribution in [1.82, 2.24) is 0 Å². The predicted molar refractivity (Wildman–Crippen MR) is 57.5 cm³/mol. The van der Waals surface area contributed by atoms with Crippen molar-refractivity contribution in [2.75, 3.05) is 0 Å². The summed E-state index contributed by atoms with van der Waals surface area (Å²) >= 11 is 0. The van der Waals surface area contributed by atoms with E-state index in [0.717, 1.165) is 0 Å². The van der Waals surface area contributed by atoms with Crippen LogP contribution in [-0.4, -0.2) is 0 Å². The monoisotopic (exact) mass is 170 g/mol. The molecular formula is C13H14. The predicted octanol–water partition coefficient (Wildman–Crippen LogP) is 3.73. The van der Waals surface area contributed by atoms with E-state index in [0.29, 0.717) is 0 Å². The minimum absolute atomic E-state index is 1.18. The maximum atomic E-state index is 2.25. The first-order chi connectivity index (χ1) is 6.36. The second kappa shape index (κ2) is 3.61. The van der Waals surface area contributed by atoms with Gasteiger partial charge in [0.1, 0.15) is 0 Å². The van der Waals surface area contributed by atoms with Crippen molar-refractivity contribution in [3.63, 3.8) is 0 Å². The van der Waals surface area contributed by atoms with E-state index in [9.17, 15) is 0 Å². The molecule has 1 aromatic rings. The van der Waals surface area contributed by atoms with Gasteiger partial charge >= 0.3 is 0 Å². The molecule has 0 fully saturated rings. The Hall–Kier alpha value is -1.30. The summed E-state index contributed by atoms with van der Waals surface area (Å²) in [5, 5.41) is 0. The molecule has 0 radical (unpaired) electrons. The van der Waals surface area contributed by atoms with Crippen LogP contribution in [0, 0.1) is 6.92 Å². The first-order valence-electron chi connectivity index (χ1n) is 4.79. The second-order valence-electron chi connectivity index (χ2n) is 3.53. The summed E-state index contributed by atoms with van der Waals surface area (Å²) in [6, 6.07) is 8.72. The summed E-state index contributed by atoms with van der Waals surface area (Å²) < 4.78 is 0. The Morgan fingerprint density at radius 2 is 2.15 bits per heavy atom. The standard InChI is InChI=1S/C13H14/c1-11-6-5-9-13(10-11)12-7-3-2-4-8-12/h2-3,5-7,9-10H,4,8H2,1H3. The van der Waals surface area contributed by atoms with Crippen molar-refractivity contribution in [1.29, 1.82) is 0 Å². The van der Waals surface area contributed by atoms with Crippen LogP contribution in [-0.2, 0) is 0 Å². The van der Waals surface area contributed by atoms with Crippen LogP contribution >= 0.6 is 0 Å². The number of benzene rings is 1. The lowest BCUT2D eigenvalue weighted by Crippen LogP contribution is -1.88. The summed E-state index contributed by atoms with van der Waals surface area (Å²) in [7, 11) is 0. The fraction of sp³-hybridized carbons (Fsp3) is 0.231. The fourth-order valence-electron chi connectivity index (χ4n) is 1.69. The van der Waals surface area contributed by atoms with Gasteiger partial charge in [0.15, 0.2) is 0 Å². The largest absolute Gasteiger partial charge is 0.0842 e. The Kier molecular flexibility index (Phi) is 2.31. The first kappa shape index (κ1) is 8.31. The summed E-state index contributed by atoms with van der Waals surface area (Å²) in [5.41, 5.74) is 4.18. The highest BCUT2D eigenvalue weighted by atomic mass is 14.1. The zero-order chi connectivity index (χ0) is 9.10. The highest BCUT2D eigenvalue weighted by Gasteiger charge is 2.02. The molecule has 2 rings (SSSR count). The van der Waals surface area contributed by atoms with E-state index in [2.05, 4.69) is 49.4 Å². The van der Waals surface area contributed by atoms with Gasteiger partial charge in [-0.05, 0) is 30.9 Å². The Bertz CT molecular complexity index is 356. The van der Waals surface area contributed by atoms with Gasteiger partial charge in [-0.15, -0.1) is 0 Å². The highest BCUT2D eigenvalue weighted by molar-refractivity contribution is 5.68. The van der Waals surface area contributed by atoms with Gasteiger partial charge in [-0.25, -0.2) is 0 Å². The normalized spacial score (nSPS) is 15.6. The molecular weight excluding hydrogens is 156 g/mol. The van der Waals surface area contributed by atoms with Crippen molar-refractivity contribution in [3.05, 3.63) is 53.6 Å². The maximum absolute atomic E-state index is 2.25. The summed E-state index contributed by atoms with van der Waals surface area (Å²) in [6.07, 6.45) is 8.96. The molecule has 13 heavy (non-hydrogen) atoms. The molecule has 0 saturated heterocycles. The molecule has 1 aliphatic carbocycles. The van der Waals surface area contributed by atoms with E-state index in [1.165, 1.54) is 29.5 Å².